The minimum atomic E-state index is -0.276. The number of hydrogen-bond acceptors (Lipinski definition) is 5. The highest BCUT2D eigenvalue weighted by Gasteiger charge is 2.14. The lowest BCUT2D eigenvalue weighted by Crippen LogP contribution is -2.39. The van der Waals surface area contributed by atoms with Crippen LogP contribution >= 0.6 is 0 Å². The molecule has 0 aromatic carbocycles. The van der Waals surface area contributed by atoms with Gasteiger partial charge in [-0.25, -0.2) is 0 Å². The molecule has 2 rings (SSSR count). The van der Waals surface area contributed by atoms with E-state index in [-0.39, 0.29) is 17.0 Å². The lowest BCUT2D eigenvalue weighted by molar-refractivity contribution is 0.0360. The molecule has 1 saturated heterocycles. The molecule has 0 amide bonds. The van der Waals surface area contributed by atoms with Crippen molar-refractivity contribution in [1.82, 2.24) is 9.47 Å². The summed E-state index contributed by atoms with van der Waals surface area (Å²) in [6.07, 6.45) is 0. The summed E-state index contributed by atoms with van der Waals surface area (Å²) in [5, 5.41) is 19.0. The molecule has 1 fully saturated rings. The molecule has 0 aliphatic carbocycles. The molecule has 1 N–H and O–H groups in total. The van der Waals surface area contributed by atoms with Crippen molar-refractivity contribution >= 4 is 0 Å². The van der Waals surface area contributed by atoms with Gasteiger partial charge in [0.1, 0.15) is 11.6 Å². The van der Waals surface area contributed by atoms with Gasteiger partial charge in [-0.3, -0.25) is 14.3 Å². The number of aromatic nitrogens is 1. The van der Waals surface area contributed by atoms with Crippen molar-refractivity contribution in [3.05, 3.63) is 27.5 Å². The van der Waals surface area contributed by atoms with Crippen molar-refractivity contribution in [2.75, 3.05) is 32.8 Å². The Morgan fingerprint density at radius 2 is 2.11 bits per heavy atom. The number of pyridine rings is 1. The third-order valence-electron chi connectivity index (χ3n) is 3.33. The Morgan fingerprint density at radius 3 is 2.74 bits per heavy atom. The van der Waals surface area contributed by atoms with Gasteiger partial charge in [0, 0.05) is 32.2 Å². The number of nitrogens with zero attached hydrogens (tertiary/aromatic N) is 3. The van der Waals surface area contributed by atoms with E-state index in [4.69, 9.17) is 10.00 Å². The molecule has 0 saturated carbocycles. The van der Waals surface area contributed by atoms with Crippen molar-refractivity contribution in [2.24, 2.45) is 0 Å². The van der Waals surface area contributed by atoms with Crippen LogP contribution in [0.3, 0.4) is 0 Å². The molecular weight excluding hydrogens is 246 g/mol. The quantitative estimate of drug-likeness (QED) is 0.834. The maximum atomic E-state index is 11.9. The topological polar surface area (TPSA) is 78.5 Å². The summed E-state index contributed by atoms with van der Waals surface area (Å²) < 4.78 is 6.50. The Hall–Kier alpha value is -1.84. The van der Waals surface area contributed by atoms with Gasteiger partial charge in [-0.1, -0.05) is 0 Å². The van der Waals surface area contributed by atoms with Crippen LogP contribution in [-0.2, 0) is 11.3 Å². The molecule has 0 unspecified atom stereocenters. The predicted molar refractivity (Wildman–Crippen MR) is 69.1 cm³/mol. The summed E-state index contributed by atoms with van der Waals surface area (Å²) in [6.45, 7) is 5.71. The largest absolute Gasteiger partial charge is 0.493 e. The van der Waals surface area contributed by atoms with Gasteiger partial charge in [0.25, 0.3) is 5.56 Å². The van der Waals surface area contributed by atoms with E-state index >= 15 is 0 Å². The Morgan fingerprint density at radius 1 is 1.42 bits per heavy atom. The first-order chi connectivity index (χ1) is 9.13. The molecule has 2 heterocycles. The third-order valence-corrected chi connectivity index (χ3v) is 3.33. The van der Waals surface area contributed by atoms with Gasteiger partial charge >= 0.3 is 0 Å². The predicted octanol–water partition coefficient (Wildman–Crippen LogP) is 0.0662. The fourth-order valence-electron chi connectivity index (χ4n) is 2.17. The number of hydrogen-bond donors (Lipinski definition) is 1. The number of aryl methyl sites for hydroxylation is 1. The van der Waals surface area contributed by atoms with E-state index in [0.29, 0.717) is 31.9 Å². The molecule has 0 atom stereocenters. The lowest BCUT2D eigenvalue weighted by Gasteiger charge is -2.26. The average Bonchev–Trinajstić information content (AvgIpc) is 2.39. The summed E-state index contributed by atoms with van der Waals surface area (Å²) in [4.78, 5) is 14.0. The molecule has 6 heteroatoms. The van der Waals surface area contributed by atoms with Crippen LogP contribution in [-0.4, -0.2) is 47.4 Å². The van der Waals surface area contributed by atoms with Gasteiger partial charge in [-0.2, -0.15) is 5.26 Å². The number of aromatic hydroxyl groups is 1. The molecule has 0 radical (unpaired) electrons. The number of ether oxygens (including phenoxy) is 1. The smallest absolute Gasteiger partial charge is 0.253 e. The fraction of sp³-hybridized carbons (Fsp3) is 0.538. The summed E-state index contributed by atoms with van der Waals surface area (Å²) in [5.74, 6) is -0.235. The normalized spacial score (nSPS) is 16.2. The molecular formula is C13H17N3O3. The van der Waals surface area contributed by atoms with Crippen molar-refractivity contribution in [1.29, 1.82) is 5.26 Å². The minimum absolute atomic E-state index is 0.168. The average molecular weight is 263 g/mol. The van der Waals surface area contributed by atoms with E-state index in [2.05, 4.69) is 4.90 Å². The zero-order chi connectivity index (χ0) is 13.8. The lowest BCUT2D eigenvalue weighted by atomic mass is 10.1. The summed E-state index contributed by atoms with van der Waals surface area (Å²) in [5.41, 5.74) is 0.399. The molecule has 0 bridgehead atoms. The first-order valence-electron chi connectivity index (χ1n) is 6.27. The maximum absolute atomic E-state index is 11.9. The van der Waals surface area contributed by atoms with Crippen molar-refractivity contribution in [3.8, 4) is 11.9 Å². The van der Waals surface area contributed by atoms with Gasteiger partial charge in [-0.05, 0) is 12.5 Å². The van der Waals surface area contributed by atoms with Crippen LogP contribution in [0.5, 0.6) is 5.88 Å². The van der Waals surface area contributed by atoms with E-state index in [1.165, 1.54) is 10.6 Å². The van der Waals surface area contributed by atoms with E-state index in [1.54, 1.807) is 6.92 Å². The fourth-order valence-corrected chi connectivity index (χ4v) is 2.17. The van der Waals surface area contributed by atoms with E-state index in [0.717, 1.165) is 13.1 Å². The van der Waals surface area contributed by atoms with Gasteiger partial charge in [0.2, 0.25) is 5.88 Å². The number of nitriles is 1. The van der Waals surface area contributed by atoms with Crippen LogP contribution in [0.2, 0.25) is 0 Å². The highest BCUT2D eigenvalue weighted by Crippen LogP contribution is 2.17. The van der Waals surface area contributed by atoms with Crippen LogP contribution in [0, 0.1) is 18.3 Å². The van der Waals surface area contributed by atoms with Gasteiger partial charge in [0.15, 0.2) is 0 Å². The summed E-state index contributed by atoms with van der Waals surface area (Å²) >= 11 is 0. The van der Waals surface area contributed by atoms with Crippen molar-refractivity contribution < 1.29 is 9.84 Å². The molecule has 0 spiro atoms. The van der Waals surface area contributed by atoms with Crippen LogP contribution in [0.25, 0.3) is 0 Å². The Labute approximate surface area is 111 Å². The molecule has 19 heavy (non-hydrogen) atoms. The van der Waals surface area contributed by atoms with Gasteiger partial charge < -0.3 is 9.84 Å². The number of morpholine rings is 1. The van der Waals surface area contributed by atoms with E-state index in [1.807, 2.05) is 6.07 Å². The van der Waals surface area contributed by atoms with Crippen molar-refractivity contribution in [2.45, 2.75) is 13.5 Å². The summed E-state index contributed by atoms with van der Waals surface area (Å²) in [6, 6.07) is 3.31. The van der Waals surface area contributed by atoms with Gasteiger partial charge in [0.05, 0.1) is 13.2 Å². The standard InChI is InChI=1S/C13H17N3O3/c1-10-8-12(17)16(13(18)11(10)9-14)3-2-15-4-6-19-7-5-15/h8,18H,2-7H2,1H3. The molecule has 1 aliphatic heterocycles. The molecule has 1 aliphatic rings. The van der Waals surface area contributed by atoms with Crippen LogP contribution in [0.15, 0.2) is 10.9 Å². The second-order valence-electron chi connectivity index (χ2n) is 4.58. The second kappa shape index (κ2) is 5.87. The zero-order valence-corrected chi connectivity index (χ0v) is 10.9. The third kappa shape index (κ3) is 2.95. The monoisotopic (exact) mass is 263 g/mol. The van der Waals surface area contributed by atoms with Crippen molar-refractivity contribution in [3.63, 3.8) is 0 Å². The molecule has 102 valence electrons. The van der Waals surface area contributed by atoms with Gasteiger partial charge in [-0.15, -0.1) is 0 Å². The number of rotatable bonds is 3. The Balaban J connectivity index is 2.16. The first-order valence-corrected chi connectivity index (χ1v) is 6.27. The maximum Gasteiger partial charge on any atom is 0.253 e. The highest BCUT2D eigenvalue weighted by molar-refractivity contribution is 5.43. The SMILES string of the molecule is Cc1cc(=O)n(CCN2CCOCC2)c(O)c1C#N. The molecule has 6 nitrogen and oxygen atoms in total. The minimum Gasteiger partial charge on any atom is -0.493 e. The molecule has 1 aromatic rings. The second-order valence-corrected chi connectivity index (χ2v) is 4.58. The van der Waals surface area contributed by atoms with E-state index < -0.39 is 0 Å². The Kier molecular flexibility index (Phi) is 4.20. The van der Waals surface area contributed by atoms with Crippen LogP contribution in [0.1, 0.15) is 11.1 Å². The van der Waals surface area contributed by atoms with Crippen LogP contribution < -0.4 is 5.56 Å². The zero-order valence-electron chi connectivity index (χ0n) is 10.9. The Bertz CT molecular complexity index is 553. The first kappa shape index (κ1) is 13.6. The van der Waals surface area contributed by atoms with E-state index in [9.17, 15) is 9.90 Å². The van der Waals surface area contributed by atoms with Crippen LogP contribution in [0.4, 0.5) is 0 Å². The summed E-state index contributed by atoms with van der Waals surface area (Å²) in [7, 11) is 0. The molecule has 1 aromatic heterocycles. The highest BCUT2D eigenvalue weighted by atomic mass is 16.5.